The van der Waals surface area contributed by atoms with Crippen molar-refractivity contribution in [1.29, 1.82) is 0 Å². The zero-order chi connectivity index (χ0) is 19.2. The van der Waals surface area contributed by atoms with Crippen LogP contribution in [-0.4, -0.2) is 35.7 Å². The molecular weight excluding hydrogens is 372 g/mol. The molecule has 0 saturated carbocycles. The predicted molar refractivity (Wildman–Crippen MR) is 108 cm³/mol. The highest BCUT2D eigenvalue weighted by Crippen LogP contribution is 2.34. The van der Waals surface area contributed by atoms with Gasteiger partial charge in [0.15, 0.2) is 5.16 Å². The zero-order valence-electron chi connectivity index (χ0n) is 15.5. The first-order valence-corrected chi connectivity index (χ1v) is 9.26. The van der Waals surface area contributed by atoms with E-state index in [2.05, 4.69) is 41.3 Å². The van der Waals surface area contributed by atoms with E-state index in [9.17, 15) is 0 Å². The summed E-state index contributed by atoms with van der Waals surface area (Å²) in [5.74, 6) is 0.913. The van der Waals surface area contributed by atoms with E-state index < -0.39 is 0 Å². The molecule has 1 heterocycles. The highest BCUT2D eigenvalue weighted by molar-refractivity contribution is 8.00. The molecule has 1 unspecified atom stereocenters. The Kier molecular flexibility index (Phi) is 7.11. The molecule has 8 heteroatoms. The molecule has 0 spiro atoms. The molecule has 1 aromatic carbocycles. The van der Waals surface area contributed by atoms with Crippen molar-refractivity contribution >= 4 is 35.3 Å². The summed E-state index contributed by atoms with van der Waals surface area (Å²) >= 11 is 7.63. The molecule has 6 nitrogen and oxygen atoms in total. The quantitative estimate of drug-likeness (QED) is 0.316. The highest BCUT2D eigenvalue weighted by Gasteiger charge is 2.26. The largest absolute Gasteiger partial charge is 0.481 e. The van der Waals surface area contributed by atoms with Gasteiger partial charge in [-0.1, -0.05) is 56.3 Å². The number of anilines is 1. The lowest BCUT2D eigenvalue weighted by atomic mass is 9.92. The lowest BCUT2D eigenvalue weighted by Crippen LogP contribution is -2.25. The van der Waals surface area contributed by atoms with E-state index in [-0.39, 0.29) is 10.7 Å². The molecule has 2 rings (SSSR count). The van der Waals surface area contributed by atoms with Gasteiger partial charge in [0.2, 0.25) is 11.8 Å². The second kappa shape index (κ2) is 9.09. The fourth-order valence-corrected chi connectivity index (χ4v) is 3.08. The maximum absolute atomic E-state index is 6.14. The molecular formula is C18H23ClN4O2S. The number of thioether (sulfide) groups is 1. The third-order valence-corrected chi connectivity index (χ3v) is 5.24. The van der Waals surface area contributed by atoms with Gasteiger partial charge in [0.25, 0.3) is 0 Å². The van der Waals surface area contributed by atoms with Crippen LogP contribution in [0, 0.1) is 5.41 Å². The van der Waals surface area contributed by atoms with Gasteiger partial charge >= 0.3 is 0 Å². The Balaban J connectivity index is 2.18. The van der Waals surface area contributed by atoms with E-state index in [1.54, 1.807) is 20.3 Å². The minimum absolute atomic E-state index is 0.00861. The Morgan fingerprint density at radius 1 is 1.15 bits per heavy atom. The summed E-state index contributed by atoms with van der Waals surface area (Å²) in [6.07, 6.45) is 1.84. The zero-order valence-corrected chi connectivity index (χ0v) is 17.1. The SMILES string of the molecule is COc1cc(OC)nc(SC(C=NNc2ccccc2Cl)C(C)(C)C)n1. The third-order valence-electron chi connectivity index (χ3n) is 3.43. The Hall–Kier alpha value is -1.99. The number of benzene rings is 1. The van der Waals surface area contributed by atoms with Crippen molar-refractivity contribution in [2.24, 2.45) is 10.5 Å². The number of aromatic nitrogens is 2. The van der Waals surface area contributed by atoms with Gasteiger partial charge in [-0.15, -0.1) is 0 Å². The third kappa shape index (κ3) is 5.78. The summed E-state index contributed by atoms with van der Waals surface area (Å²) in [5.41, 5.74) is 3.66. The van der Waals surface area contributed by atoms with E-state index in [0.717, 1.165) is 5.69 Å². The molecule has 0 fully saturated rings. The van der Waals surface area contributed by atoms with Crippen molar-refractivity contribution in [2.75, 3.05) is 19.6 Å². The number of halogens is 1. The lowest BCUT2D eigenvalue weighted by Gasteiger charge is -2.26. The van der Waals surface area contributed by atoms with E-state index in [0.29, 0.717) is 21.9 Å². The number of hydrazone groups is 1. The first-order chi connectivity index (χ1) is 12.3. The van der Waals surface area contributed by atoms with E-state index >= 15 is 0 Å². The van der Waals surface area contributed by atoms with Crippen LogP contribution in [0.5, 0.6) is 11.8 Å². The van der Waals surface area contributed by atoms with Gasteiger partial charge in [-0.2, -0.15) is 15.1 Å². The molecule has 0 saturated heterocycles. The number of nitrogens with one attached hydrogen (secondary N) is 1. The van der Waals surface area contributed by atoms with Crippen LogP contribution < -0.4 is 14.9 Å². The molecule has 1 aromatic heterocycles. The molecule has 0 aliphatic carbocycles. The van der Waals surface area contributed by atoms with Crippen LogP contribution in [0.25, 0.3) is 0 Å². The van der Waals surface area contributed by atoms with Crippen LogP contribution in [0.3, 0.4) is 0 Å². The summed E-state index contributed by atoms with van der Waals surface area (Å²) in [7, 11) is 3.12. The fraction of sp³-hybridized carbons (Fsp3) is 0.389. The van der Waals surface area contributed by atoms with Crippen LogP contribution in [0.1, 0.15) is 20.8 Å². The van der Waals surface area contributed by atoms with Crippen LogP contribution in [-0.2, 0) is 0 Å². The summed E-state index contributed by atoms with van der Waals surface area (Å²) < 4.78 is 10.4. The average molecular weight is 395 g/mol. The summed E-state index contributed by atoms with van der Waals surface area (Å²) in [6.45, 7) is 6.39. The molecule has 0 radical (unpaired) electrons. The molecule has 1 N–H and O–H groups in total. The number of nitrogens with zero attached hydrogens (tertiary/aromatic N) is 3. The minimum atomic E-state index is -0.0734. The van der Waals surface area contributed by atoms with Crippen molar-refractivity contribution in [3.63, 3.8) is 0 Å². The first kappa shape index (κ1) is 20.3. The van der Waals surface area contributed by atoms with Crippen molar-refractivity contribution < 1.29 is 9.47 Å². The maximum Gasteiger partial charge on any atom is 0.220 e. The van der Waals surface area contributed by atoms with Crippen molar-refractivity contribution in [3.05, 3.63) is 35.4 Å². The topological polar surface area (TPSA) is 68.6 Å². The number of ether oxygens (including phenoxy) is 2. The van der Waals surface area contributed by atoms with Gasteiger partial charge in [0.1, 0.15) is 0 Å². The predicted octanol–water partition coefficient (Wildman–Crippen LogP) is 4.75. The van der Waals surface area contributed by atoms with E-state index in [4.69, 9.17) is 21.1 Å². The highest BCUT2D eigenvalue weighted by atomic mass is 35.5. The Labute approximate surface area is 163 Å². The summed E-state index contributed by atoms with van der Waals surface area (Å²) in [5, 5.41) is 5.54. The van der Waals surface area contributed by atoms with Gasteiger partial charge in [0.05, 0.1) is 36.2 Å². The van der Waals surface area contributed by atoms with E-state index in [1.165, 1.54) is 11.8 Å². The number of methoxy groups -OCH3 is 2. The standard InChI is InChI=1S/C18H23ClN4O2S/c1-18(2,3)14(11-20-23-13-9-7-6-8-12(13)19)26-17-21-15(24-4)10-16(22-17)25-5/h6-11,14,23H,1-5H3. The summed E-state index contributed by atoms with van der Waals surface area (Å²) in [6, 6.07) is 9.10. The molecule has 0 aliphatic heterocycles. The van der Waals surface area contributed by atoms with Gasteiger partial charge in [-0.25, -0.2) is 0 Å². The molecule has 0 amide bonds. The molecule has 1 atom stereocenters. The van der Waals surface area contributed by atoms with Gasteiger partial charge in [0, 0.05) is 6.21 Å². The van der Waals surface area contributed by atoms with Gasteiger partial charge in [-0.05, 0) is 17.5 Å². The molecule has 140 valence electrons. The monoisotopic (exact) mass is 394 g/mol. The van der Waals surface area contributed by atoms with Gasteiger partial charge in [-0.3, -0.25) is 5.43 Å². The molecule has 0 bridgehead atoms. The average Bonchev–Trinajstić information content (AvgIpc) is 2.61. The second-order valence-electron chi connectivity index (χ2n) is 6.51. The number of para-hydroxylation sites is 1. The second-order valence-corrected chi connectivity index (χ2v) is 8.03. The molecule has 2 aromatic rings. The number of hydrogen-bond acceptors (Lipinski definition) is 7. The van der Waals surface area contributed by atoms with E-state index in [1.807, 2.05) is 30.5 Å². The smallest absolute Gasteiger partial charge is 0.220 e. The van der Waals surface area contributed by atoms with Gasteiger partial charge < -0.3 is 9.47 Å². The number of hydrogen-bond donors (Lipinski definition) is 1. The van der Waals surface area contributed by atoms with Crippen molar-refractivity contribution in [2.45, 2.75) is 31.2 Å². The van der Waals surface area contributed by atoms with Crippen LogP contribution in [0.2, 0.25) is 5.02 Å². The van der Waals surface area contributed by atoms with Crippen LogP contribution in [0.4, 0.5) is 5.69 Å². The number of rotatable bonds is 7. The molecule has 26 heavy (non-hydrogen) atoms. The Morgan fingerprint density at radius 2 is 1.77 bits per heavy atom. The minimum Gasteiger partial charge on any atom is -0.481 e. The lowest BCUT2D eigenvalue weighted by molar-refractivity contribution is 0.364. The summed E-state index contributed by atoms with van der Waals surface area (Å²) in [4.78, 5) is 8.76. The van der Waals surface area contributed by atoms with Crippen LogP contribution >= 0.6 is 23.4 Å². The molecule has 0 aliphatic rings. The Bertz CT molecular complexity index is 743. The van der Waals surface area contributed by atoms with Crippen molar-refractivity contribution in [1.82, 2.24) is 9.97 Å². The maximum atomic E-state index is 6.14. The Morgan fingerprint density at radius 3 is 2.31 bits per heavy atom. The first-order valence-electron chi connectivity index (χ1n) is 8.01. The van der Waals surface area contributed by atoms with Crippen molar-refractivity contribution in [3.8, 4) is 11.8 Å². The normalized spacial score (nSPS) is 12.8. The van der Waals surface area contributed by atoms with Crippen LogP contribution in [0.15, 0.2) is 40.6 Å². The fourth-order valence-electron chi connectivity index (χ4n) is 1.92.